The third-order valence-corrected chi connectivity index (χ3v) is 6.20. The topological polar surface area (TPSA) is 81.1 Å². The smallest absolute Gasteiger partial charge is 0.313 e. The molecule has 0 aromatic carbocycles. The molecule has 2 aromatic rings. The van der Waals surface area contributed by atoms with Gasteiger partial charge in [0, 0.05) is 24.2 Å². The predicted octanol–water partition coefficient (Wildman–Crippen LogP) is 5.80. The van der Waals surface area contributed by atoms with Crippen molar-refractivity contribution in [3.63, 3.8) is 0 Å². The van der Waals surface area contributed by atoms with Crippen LogP contribution in [0.4, 0.5) is 24.8 Å². The van der Waals surface area contributed by atoms with E-state index in [1.165, 1.54) is 0 Å². The number of nitrogens with one attached hydrogen (secondary N) is 2. The number of aromatic nitrogens is 3. The van der Waals surface area contributed by atoms with Crippen LogP contribution in [0.3, 0.4) is 0 Å². The lowest BCUT2D eigenvalue weighted by Crippen LogP contribution is -2.50. The number of carbonyl (C=O) groups is 1. The fourth-order valence-electron chi connectivity index (χ4n) is 4.73. The highest BCUT2D eigenvalue weighted by molar-refractivity contribution is 5.78. The zero-order valence-electron chi connectivity index (χ0n) is 22.4. The second-order valence-corrected chi connectivity index (χ2v) is 11.8. The third kappa shape index (κ3) is 6.38. The average Bonchev–Trinajstić information content (AvgIpc) is 3.09. The monoisotopic (exact) mass is 509 g/mol. The Morgan fingerprint density at radius 3 is 2.44 bits per heavy atom. The SMILES string of the molecule is Cc1cc(Nc2cc(C(F)F)c(F)c(CC3(C(=O)OC(C)(C)C)CCNC(C)C3)n2)nn1C(C)(C)C. The van der Waals surface area contributed by atoms with Gasteiger partial charge in [0.15, 0.2) is 11.6 Å². The maximum absolute atomic E-state index is 15.3. The van der Waals surface area contributed by atoms with Gasteiger partial charge < -0.3 is 15.4 Å². The van der Waals surface area contributed by atoms with E-state index in [1.807, 2.05) is 39.3 Å². The summed E-state index contributed by atoms with van der Waals surface area (Å²) in [6.07, 6.45) is -2.44. The van der Waals surface area contributed by atoms with E-state index in [2.05, 4.69) is 20.7 Å². The number of carbonyl (C=O) groups excluding carboxylic acids is 1. The van der Waals surface area contributed by atoms with Gasteiger partial charge in [-0.3, -0.25) is 9.48 Å². The minimum absolute atomic E-state index is 0.0328. The highest BCUT2D eigenvalue weighted by Crippen LogP contribution is 2.39. The van der Waals surface area contributed by atoms with Crippen LogP contribution < -0.4 is 10.6 Å². The molecule has 36 heavy (non-hydrogen) atoms. The Morgan fingerprint density at radius 2 is 1.92 bits per heavy atom. The van der Waals surface area contributed by atoms with Gasteiger partial charge in [-0.2, -0.15) is 5.10 Å². The van der Waals surface area contributed by atoms with Gasteiger partial charge in [0.05, 0.1) is 22.2 Å². The number of rotatable bonds is 6. The Kier molecular flexibility index (Phi) is 7.79. The van der Waals surface area contributed by atoms with Gasteiger partial charge >= 0.3 is 5.97 Å². The number of hydrogen-bond acceptors (Lipinski definition) is 6. The molecule has 1 fully saturated rings. The number of ether oxygens (including phenoxy) is 1. The van der Waals surface area contributed by atoms with E-state index in [-0.39, 0.29) is 29.5 Å². The van der Waals surface area contributed by atoms with E-state index < -0.39 is 34.8 Å². The Hall–Kier alpha value is -2.62. The fourth-order valence-corrected chi connectivity index (χ4v) is 4.73. The van der Waals surface area contributed by atoms with E-state index in [0.29, 0.717) is 25.2 Å². The van der Waals surface area contributed by atoms with Gasteiger partial charge in [-0.15, -0.1) is 0 Å². The molecule has 2 N–H and O–H groups in total. The quantitative estimate of drug-likeness (QED) is 0.479. The van der Waals surface area contributed by atoms with E-state index in [0.717, 1.165) is 11.8 Å². The summed E-state index contributed by atoms with van der Waals surface area (Å²) in [5.41, 5.74) is -2.21. The van der Waals surface area contributed by atoms with Crippen molar-refractivity contribution < 1.29 is 22.7 Å². The molecule has 2 aromatic heterocycles. The Morgan fingerprint density at radius 1 is 1.25 bits per heavy atom. The first-order valence-corrected chi connectivity index (χ1v) is 12.3. The van der Waals surface area contributed by atoms with Crippen molar-refractivity contribution in [3.8, 4) is 0 Å². The summed E-state index contributed by atoms with van der Waals surface area (Å²) in [7, 11) is 0. The minimum atomic E-state index is -3.05. The normalized spacial score (nSPS) is 21.1. The third-order valence-electron chi connectivity index (χ3n) is 6.20. The van der Waals surface area contributed by atoms with Gasteiger partial charge in [0.25, 0.3) is 6.43 Å². The van der Waals surface area contributed by atoms with E-state index in [1.54, 1.807) is 26.8 Å². The molecule has 3 rings (SSSR count). The van der Waals surface area contributed by atoms with Crippen LogP contribution in [-0.4, -0.2) is 38.9 Å². The van der Waals surface area contributed by atoms with Gasteiger partial charge in [-0.05, 0) is 80.8 Å². The lowest BCUT2D eigenvalue weighted by Gasteiger charge is -2.40. The molecule has 2 atom stereocenters. The maximum atomic E-state index is 15.3. The van der Waals surface area contributed by atoms with Crippen molar-refractivity contribution in [1.29, 1.82) is 0 Å². The lowest BCUT2D eigenvalue weighted by molar-refractivity contribution is -0.170. The summed E-state index contributed by atoms with van der Waals surface area (Å²) in [4.78, 5) is 17.7. The molecule has 3 heterocycles. The number of hydrogen-bond donors (Lipinski definition) is 2. The van der Waals surface area contributed by atoms with Crippen LogP contribution in [0.15, 0.2) is 12.1 Å². The molecular formula is C26H38F3N5O2. The van der Waals surface area contributed by atoms with Gasteiger partial charge in [-0.25, -0.2) is 18.2 Å². The summed E-state index contributed by atoms with van der Waals surface area (Å²) in [6, 6.07) is 2.74. The second-order valence-electron chi connectivity index (χ2n) is 11.8. The Balaban J connectivity index is 2.03. The number of nitrogens with zero attached hydrogens (tertiary/aromatic N) is 3. The number of piperidine rings is 1. The van der Waals surface area contributed by atoms with E-state index in [4.69, 9.17) is 4.74 Å². The largest absolute Gasteiger partial charge is 0.460 e. The zero-order chi connectivity index (χ0) is 27.1. The van der Waals surface area contributed by atoms with Crippen LogP contribution >= 0.6 is 0 Å². The molecule has 0 radical (unpaired) electrons. The van der Waals surface area contributed by atoms with Gasteiger partial charge in [-0.1, -0.05) is 0 Å². The zero-order valence-corrected chi connectivity index (χ0v) is 22.4. The van der Waals surface area contributed by atoms with Crippen molar-refractivity contribution in [2.24, 2.45) is 5.41 Å². The molecule has 10 heteroatoms. The molecule has 0 saturated carbocycles. The number of halogens is 3. The van der Waals surface area contributed by atoms with Crippen LogP contribution in [-0.2, 0) is 21.5 Å². The minimum Gasteiger partial charge on any atom is -0.460 e. The highest BCUT2D eigenvalue weighted by atomic mass is 19.3. The van der Waals surface area contributed by atoms with Crippen LogP contribution in [0.1, 0.15) is 84.7 Å². The first-order chi connectivity index (χ1) is 16.5. The Bertz CT molecular complexity index is 1100. The molecule has 0 aliphatic carbocycles. The summed E-state index contributed by atoms with van der Waals surface area (Å²) >= 11 is 0. The summed E-state index contributed by atoms with van der Waals surface area (Å²) in [5, 5.41) is 10.8. The van der Waals surface area contributed by atoms with Crippen LogP contribution in [0.2, 0.25) is 0 Å². The molecule has 0 amide bonds. The average molecular weight is 510 g/mol. The molecule has 0 spiro atoms. The maximum Gasteiger partial charge on any atom is 0.313 e. The van der Waals surface area contributed by atoms with Crippen LogP contribution in [0, 0.1) is 18.2 Å². The number of alkyl halides is 2. The van der Waals surface area contributed by atoms with Gasteiger partial charge in [0.1, 0.15) is 11.4 Å². The predicted molar refractivity (Wildman–Crippen MR) is 133 cm³/mol. The molecular weight excluding hydrogens is 471 g/mol. The number of esters is 1. The van der Waals surface area contributed by atoms with Crippen LogP contribution in [0.5, 0.6) is 0 Å². The van der Waals surface area contributed by atoms with Crippen molar-refractivity contribution in [2.75, 3.05) is 11.9 Å². The first-order valence-electron chi connectivity index (χ1n) is 12.3. The van der Waals surface area contributed by atoms with Crippen molar-refractivity contribution >= 4 is 17.6 Å². The van der Waals surface area contributed by atoms with E-state index >= 15 is 4.39 Å². The van der Waals surface area contributed by atoms with Crippen molar-refractivity contribution in [1.82, 2.24) is 20.1 Å². The van der Waals surface area contributed by atoms with E-state index in [9.17, 15) is 13.6 Å². The second kappa shape index (κ2) is 10.0. The summed E-state index contributed by atoms with van der Waals surface area (Å²) in [5.74, 6) is -1.12. The highest BCUT2D eigenvalue weighted by Gasteiger charge is 2.45. The Labute approximate surface area is 211 Å². The number of aryl methyl sites for hydroxylation is 1. The molecule has 1 aliphatic heterocycles. The van der Waals surface area contributed by atoms with Crippen molar-refractivity contribution in [2.45, 2.75) is 98.3 Å². The molecule has 0 bridgehead atoms. The summed E-state index contributed by atoms with van der Waals surface area (Å²) < 4.78 is 50.5. The van der Waals surface area contributed by atoms with Crippen molar-refractivity contribution in [3.05, 3.63) is 34.9 Å². The van der Waals surface area contributed by atoms with Gasteiger partial charge in [0.2, 0.25) is 0 Å². The van der Waals surface area contributed by atoms with Crippen LogP contribution in [0.25, 0.3) is 0 Å². The standard InChI is InChI=1S/C26H38F3N5O2/c1-15-13-26(9-10-30-15,23(35)36-25(6,7)8)14-18-21(27)17(22(28)29)12-19(31-18)32-20-11-16(2)34(33-20)24(3,4)5/h11-12,15,22,30H,9-10,13-14H2,1-8H3,(H,31,32,33). The molecule has 2 unspecified atom stereocenters. The fraction of sp³-hybridized carbons (Fsp3) is 0.654. The molecule has 1 saturated heterocycles. The lowest BCUT2D eigenvalue weighted by atomic mass is 9.72. The number of pyridine rings is 1. The first kappa shape index (κ1) is 28.0. The molecule has 7 nitrogen and oxygen atoms in total. The number of anilines is 2. The molecule has 1 aliphatic rings. The summed E-state index contributed by atoms with van der Waals surface area (Å²) in [6.45, 7) is 15.6. The molecule has 200 valence electrons.